The number of methoxy groups -OCH3 is 1. The van der Waals surface area contributed by atoms with Gasteiger partial charge >= 0.3 is 12.1 Å². The number of carbonyl (C=O) groups excluding carboxylic acids is 4. The highest BCUT2D eigenvalue weighted by atomic mass is 35.5. The Kier molecular flexibility index (Phi) is 12.4. The van der Waals surface area contributed by atoms with Crippen LogP contribution < -0.4 is 20.9 Å². The van der Waals surface area contributed by atoms with E-state index in [9.17, 15) is 19.2 Å². The first-order valence-corrected chi connectivity index (χ1v) is 19.6. The maximum absolute atomic E-state index is 13.5. The van der Waals surface area contributed by atoms with Crippen molar-refractivity contribution >= 4 is 46.9 Å². The summed E-state index contributed by atoms with van der Waals surface area (Å²) in [5.74, 6) is 1.01. The second-order valence-corrected chi connectivity index (χ2v) is 15.7. The number of rotatable bonds is 9. The minimum Gasteiger partial charge on any atom is -0.453 e. The summed E-state index contributed by atoms with van der Waals surface area (Å²) in [4.78, 5) is 69.5. The molecule has 2 aliphatic heterocycles. The van der Waals surface area contributed by atoms with E-state index in [-0.39, 0.29) is 47.8 Å². The largest absolute Gasteiger partial charge is 0.453 e. The van der Waals surface area contributed by atoms with Crippen LogP contribution in [0, 0.1) is 11.8 Å². The molecule has 1 unspecified atom stereocenters. The van der Waals surface area contributed by atoms with Gasteiger partial charge < -0.3 is 40.4 Å². The number of H-pyrrole nitrogens is 1. The van der Waals surface area contributed by atoms with E-state index in [1.54, 1.807) is 30.4 Å². The second-order valence-electron chi connectivity index (χ2n) is 15.3. The van der Waals surface area contributed by atoms with Gasteiger partial charge in [-0.2, -0.15) is 0 Å². The molecule has 0 spiro atoms. The number of aromatic amines is 1. The molecule has 5 amide bonds. The number of urea groups is 1. The standard InChI is InChI=1S/C41H52ClN9O5/c1-23(2)36(48-41(55)56-7)39(53)49-16-8-9-34(49)37-45-20-33(46-37)28-12-10-27(11-13-28)30-18-31(42)32(17-24(30)3)47-38(52)29-14-15-35(44-19-29)50-21-26(5)51(22-25(50)4)40(54)43-6/h10-15,18-20,23-26,34,36H,8-9,16-17,21-22H2,1-7H3,(H,43,54)(H,45,46)(H,47,52)(H,48,55)/t24?,25-,26+,34+,36+/m1/s1. The molecule has 0 radical (unpaired) electrons. The van der Waals surface area contributed by atoms with Crippen molar-refractivity contribution in [2.45, 2.75) is 78.0 Å². The summed E-state index contributed by atoms with van der Waals surface area (Å²) in [6.45, 7) is 11.8. The number of hydrogen-bond donors (Lipinski definition) is 4. The first-order chi connectivity index (χ1) is 26.8. The number of amides is 5. The SMILES string of the molecule is CNC(=O)N1C[C@@H](C)N(c2ccc(C(=O)NC3=C(Cl)C=C(c4ccc(-c5cnc([C@@H]6CCCN6C(=O)[C@@H](NC(=O)OC)C(C)C)[nH]5)cc4)C(C)C3)cn2)C[C@@H]1C. The Labute approximate surface area is 333 Å². The summed E-state index contributed by atoms with van der Waals surface area (Å²) in [6.07, 6.45) is 6.82. The molecule has 2 aromatic heterocycles. The molecule has 1 aromatic carbocycles. The molecule has 1 aliphatic carbocycles. The van der Waals surface area contributed by atoms with Crippen LogP contribution in [0.25, 0.3) is 16.8 Å². The van der Waals surface area contributed by atoms with E-state index in [0.29, 0.717) is 48.2 Å². The number of hydrogen-bond acceptors (Lipinski definition) is 8. The summed E-state index contributed by atoms with van der Waals surface area (Å²) in [5.41, 5.74) is 4.96. The minimum atomic E-state index is -0.697. The maximum Gasteiger partial charge on any atom is 0.407 e. The summed E-state index contributed by atoms with van der Waals surface area (Å²) < 4.78 is 4.75. The van der Waals surface area contributed by atoms with Crippen molar-refractivity contribution in [2.75, 3.05) is 38.7 Å². The van der Waals surface area contributed by atoms with E-state index < -0.39 is 12.1 Å². The molecule has 0 bridgehead atoms. The van der Waals surface area contributed by atoms with Gasteiger partial charge in [0.2, 0.25) is 5.91 Å². The molecule has 298 valence electrons. The molecule has 15 heteroatoms. The normalized spacial score (nSPS) is 21.8. The average molecular weight is 786 g/mol. The Morgan fingerprint density at radius 3 is 2.34 bits per heavy atom. The molecule has 4 N–H and O–H groups in total. The fourth-order valence-corrected chi connectivity index (χ4v) is 8.06. The van der Waals surface area contributed by atoms with Gasteiger partial charge in [-0.15, -0.1) is 0 Å². The first-order valence-electron chi connectivity index (χ1n) is 19.2. The number of ether oxygens (including phenoxy) is 1. The van der Waals surface area contributed by atoms with Gasteiger partial charge in [0.15, 0.2) is 0 Å². The highest BCUT2D eigenvalue weighted by Gasteiger charge is 2.38. The lowest BCUT2D eigenvalue weighted by molar-refractivity contribution is -0.135. The van der Waals surface area contributed by atoms with Crippen molar-refractivity contribution in [3.05, 3.63) is 82.5 Å². The Morgan fingerprint density at radius 1 is 0.946 bits per heavy atom. The van der Waals surface area contributed by atoms with Gasteiger partial charge in [-0.25, -0.2) is 19.6 Å². The summed E-state index contributed by atoms with van der Waals surface area (Å²) in [7, 11) is 2.92. The van der Waals surface area contributed by atoms with Crippen LogP contribution in [-0.4, -0.2) is 101 Å². The summed E-state index contributed by atoms with van der Waals surface area (Å²) in [6, 6.07) is 10.8. The van der Waals surface area contributed by atoms with Crippen LogP contribution in [0.4, 0.5) is 15.4 Å². The Bertz CT molecular complexity index is 1990. The zero-order valence-corrected chi connectivity index (χ0v) is 33.8. The molecule has 56 heavy (non-hydrogen) atoms. The van der Waals surface area contributed by atoms with Crippen molar-refractivity contribution in [2.24, 2.45) is 11.8 Å². The molecule has 3 aromatic rings. The van der Waals surface area contributed by atoms with Crippen molar-refractivity contribution in [1.29, 1.82) is 0 Å². The van der Waals surface area contributed by atoms with E-state index in [1.807, 2.05) is 49.9 Å². The van der Waals surface area contributed by atoms with Gasteiger partial charge in [0, 0.05) is 50.7 Å². The van der Waals surface area contributed by atoms with E-state index in [2.05, 4.69) is 61.8 Å². The molecule has 5 atom stereocenters. The van der Waals surface area contributed by atoms with Crippen molar-refractivity contribution < 1.29 is 23.9 Å². The number of carbonyl (C=O) groups is 4. The number of nitrogens with one attached hydrogen (secondary N) is 4. The number of imidazole rings is 1. The van der Waals surface area contributed by atoms with Crippen LogP contribution in [0.1, 0.15) is 81.7 Å². The maximum atomic E-state index is 13.5. The lowest BCUT2D eigenvalue weighted by atomic mass is 9.86. The number of aromatic nitrogens is 3. The number of allylic oxidation sites excluding steroid dienone is 4. The second kappa shape index (κ2) is 17.2. The smallest absolute Gasteiger partial charge is 0.407 e. The molecule has 6 rings (SSSR count). The Hall–Kier alpha value is -5.37. The number of nitrogens with zero attached hydrogens (tertiary/aromatic N) is 5. The van der Waals surface area contributed by atoms with Crippen LogP contribution >= 0.6 is 11.6 Å². The molecular weight excluding hydrogens is 734 g/mol. The number of alkyl carbamates (subject to hydrolysis) is 1. The molecule has 4 heterocycles. The van der Waals surface area contributed by atoms with Crippen molar-refractivity contribution in [3.8, 4) is 11.3 Å². The van der Waals surface area contributed by atoms with Crippen LogP contribution in [-0.2, 0) is 9.53 Å². The van der Waals surface area contributed by atoms with E-state index in [1.165, 1.54) is 7.11 Å². The summed E-state index contributed by atoms with van der Waals surface area (Å²) >= 11 is 6.79. The van der Waals surface area contributed by atoms with Gasteiger partial charge in [-0.3, -0.25) is 9.59 Å². The van der Waals surface area contributed by atoms with Crippen LogP contribution in [0.2, 0.25) is 0 Å². The lowest BCUT2D eigenvalue weighted by Crippen LogP contribution is -2.60. The van der Waals surface area contributed by atoms with Crippen molar-refractivity contribution in [3.63, 3.8) is 0 Å². The van der Waals surface area contributed by atoms with Crippen LogP contribution in [0.5, 0.6) is 0 Å². The third-order valence-electron chi connectivity index (χ3n) is 11.0. The monoisotopic (exact) mass is 785 g/mol. The molecule has 0 saturated carbocycles. The van der Waals surface area contributed by atoms with Gasteiger partial charge in [0.25, 0.3) is 5.91 Å². The quantitative estimate of drug-likeness (QED) is 0.204. The zero-order chi connectivity index (χ0) is 40.3. The lowest BCUT2D eigenvalue weighted by Gasteiger charge is -2.44. The number of likely N-dealkylation sites (tertiary alicyclic amines) is 1. The number of anilines is 1. The number of benzene rings is 1. The minimum absolute atomic E-state index is 0.00956. The Balaban J connectivity index is 1.09. The first kappa shape index (κ1) is 40.3. The number of piperazine rings is 1. The molecule has 2 fully saturated rings. The zero-order valence-electron chi connectivity index (χ0n) is 33.1. The molecular formula is C41H52ClN9O5. The fraction of sp³-hybridized carbons (Fsp3) is 0.463. The van der Waals surface area contributed by atoms with Crippen molar-refractivity contribution in [1.82, 2.24) is 40.7 Å². The van der Waals surface area contributed by atoms with Gasteiger partial charge in [-0.05, 0) is 79.9 Å². The summed E-state index contributed by atoms with van der Waals surface area (Å²) in [5, 5.41) is 8.89. The predicted molar refractivity (Wildman–Crippen MR) is 216 cm³/mol. The van der Waals surface area contributed by atoms with E-state index >= 15 is 0 Å². The van der Waals surface area contributed by atoms with Crippen LogP contribution in [0.3, 0.4) is 0 Å². The van der Waals surface area contributed by atoms with Gasteiger partial charge in [0.1, 0.15) is 17.7 Å². The third-order valence-corrected chi connectivity index (χ3v) is 11.3. The fourth-order valence-electron chi connectivity index (χ4n) is 7.82. The number of pyridine rings is 1. The van der Waals surface area contributed by atoms with Gasteiger partial charge in [-0.1, -0.05) is 56.6 Å². The average Bonchev–Trinajstić information content (AvgIpc) is 3.89. The van der Waals surface area contributed by atoms with Crippen LogP contribution in [0.15, 0.2) is 65.6 Å². The molecule has 14 nitrogen and oxygen atoms in total. The third kappa shape index (κ3) is 8.54. The Morgan fingerprint density at radius 2 is 1.68 bits per heavy atom. The molecule has 3 aliphatic rings. The highest BCUT2D eigenvalue weighted by Crippen LogP contribution is 2.37. The molecule has 2 saturated heterocycles. The van der Waals surface area contributed by atoms with E-state index in [0.717, 1.165) is 41.1 Å². The number of halogens is 1. The predicted octanol–water partition coefficient (Wildman–Crippen LogP) is 6.06. The van der Waals surface area contributed by atoms with E-state index in [4.69, 9.17) is 16.3 Å². The topological polar surface area (TPSA) is 165 Å². The van der Waals surface area contributed by atoms with Gasteiger partial charge in [0.05, 0.1) is 35.6 Å². The highest BCUT2D eigenvalue weighted by molar-refractivity contribution is 6.32.